The zero-order valence-corrected chi connectivity index (χ0v) is 11.6. The largest absolute Gasteiger partial charge is 0.351 e. The van der Waals surface area contributed by atoms with Crippen LogP contribution in [0.3, 0.4) is 0 Å². The predicted molar refractivity (Wildman–Crippen MR) is 82.1 cm³/mol. The quantitative estimate of drug-likeness (QED) is 0.696. The van der Waals surface area contributed by atoms with E-state index in [0.717, 1.165) is 16.6 Å². The molecule has 0 spiro atoms. The van der Waals surface area contributed by atoms with Crippen molar-refractivity contribution in [2.45, 2.75) is 0 Å². The zero-order valence-electron chi connectivity index (χ0n) is 11.6. The molecule has 0 atom stereocenters. The van der Waals surface area contributed by atoms with Crippen molar-refractivity contribution in [2.75, 3.05) is 11.9 Å². The van der Waals surface area contributed by atoms with E-state index in [0.29, 0.717) is 5.56 Å². The van der Waals surface area contributed by atoms with Crippen LogP contribution in [0.15, 0.2) is 60.8 Å². The van der Waals surface area contributed by atoms with Gasteiger partial charge in [-0.25, -0.2) is 0 Å². The molecule has 100 valence electrons. The zero-order chi connectivity index (χ0) is 14.1. The summed E-state index contributed by atoms with van der Waals surface area (Å²) in [5.41, 5.74) is 2.73. The van der Waals surface area contributed by atoms with Crippen LogP contribution < -0.4 is 4.90 Å². The molecule has 0 fully saturated rings. The average molecular weight is 264 g/mol. The number of carbonyl (C=O) groups excluding carboxylic acids is 1. The van der Waals surface area contributed by atoms with Crippen LogP contribution in [0.5, 0.6) is 0 Å². The monoisotopic (exact) mass is 264 g/mol. The number of hydrogen-bond donors (Lipinski definition) is 0. The average Bonchev–Trinajstić information content (AvgIpc) is 2.87. The SMILES string of the molecule is CN(C(=O)c1ccc2c(ccn2C)c1)c1ccccc1. The van der Waals surface area contributed by atoms with Crippen molar-refractivity contribution >= 4 is 22.5 Å². The van der Waals surface area contributed by atoms with E-state index >= 15 is 0 Å². The minimum atomic E-state index is 0.00181. The Morgan fingerprint density at radius 1 is 1.05 bits per heavy atom. The summed E-state index contributed by atoms with van der Waals surface area (Å²) in [7, 11) is 3.80. The lowest BCUT2D eigenvalue weighted by Crippen LogP contribution is -2.26. The number of hydrogen-bond acceptors (Lipinski definition) is 1. The van der Waals surface area contributed by atoms with Gasteiger partial charge < -0.3 is 9.47 Å². The van der Waals surface area contributed by atoms with Crippen LogP contribution in [0.1, 0.15) is 10.4 Å². The van der Waals surface area contributed by atoms with Gasteiger partial charge in [0.05, 0.1) is 0 Å². The van der Waals surface area contributed by atoms with E-state index in [1.54, 1.807) is 11.9 Å². The maximum absolute atomic E-state index is 12.5. The second kappa shape index (κ2) is 4.85. The number of carbonyl (C=O) groups is 1. The van der Waals surface area contributed by atoms with Crippen molar-refractivity contribution in [1.82, 2.24) is 4.57 Å². The standard InChI is InChI=1S/C17H16N2O/c1-18-11-10-13-12-14(8-9-16(13)18)17(20)19(2)15-6-4-3-5-7-15/h3-12H,1-2H3. The van der Waals surface area contributed by atoms with E-state index in [1.807, 2.05) is 72.4 Å². The molecule has 0 saturated carbocycles. The molecule has 0 radical (unpaired) electrons. The summed E-state index contributed by atoms with van der Waals surface area (Å²) in [6.45, 7) is 0. The maximum atomic E-state index is 12.5. The third kappa shape index (κ3) is 2.07. The number of amides is 1. The van der Waals surface area contributed by atoms with Crippen LogP contribution in [0.25, 0.3) is 10.9 Å². The van der Waals surface area contributed by atoms with Crippen molar-refractivity contribution in [3.8, 4) is 0 Å². The van der Waals surface area contributed by atoms with E-state index in [1.165, 1.54) is 0 Å². The fraction of sp³-hybridized carbons (Fsp3) is 0.118. The Labute approximate surface area is 118 Å². The lowest BCUT2D eigenvalue weighted by atomic mass is 10.1. The van der Waals surface area contributed by atoms with Gasteiger partial charge in [-0.05, 0) is 36.4 Å². The highest BCUT2D eigenvalue weighted by molar-refractivity contribution is 6.07. The third-order valence-electron chi connectivity index (χ3n) is 3.58. The molecule has 0 N–H and O–H groups in total. The van der Waals surface area contributed by atoms with Crippen LogP contribution in [-0.2, 0) is 7.05 Å². The number of aromatic nitrogens is 1. The van der Waals surface area contributed by atoms with Gasteiger partial charge in [0.1, 0.15) is 0 Å². The minimum absolute atomic E-state index is 0.00181. The van der Waals surface area contributed by atoms with Gasteiger partial charge in [-0.15, -0.1) is 0 Å². The molecular weight excluding hydrogens is 248 g/mol. The lowest BCUT2D eigenvalue weighted by Gasteiger charge is -2.17. The molecule has 0 aliphatic heterocycles. The van der Waals surface area contributed by atoms with Crippen LogP contribution in [-0.4, -0.2) is 17.5 Å². The van der Waals surface area contributed by atoms with Crippen LogP contribution in [0, 0.1) is 0 Å². The molecule has 2 aromatic carbocycles. The molecule has 20 heavy (non-hydrogen) atoms. The first-order chi connectivity index (χ1) is 9.66. The summed E-state index contributed by atoms with van der Waals surface area (Å²) >= 11 is 0. The number of fused-ring (bicyclic) bond motifs is 1. The Bertz CT molecular complexity index is 759. The lowest BCUT2D eigenvalue weighted by molar-refractivity contribution is 0.0993. The van der Waals surface area contributed by atoms with E-state index in [9.17, 15) is 4.79 Å². The Kier molecular flexibility index (Phi) is 3.03. The number of nitrogens with zero attached hydrogens (tertiary/aromatic N) is 2. The summed E-state index contributed by atoms with van der Waals surface area (Å²) < 4.78 is 2.05. The molecule has 0 saturated heterocycles. The molecule has 0 aliphatic carbocycles. The van der Waals surface area contributed by atoms with Gasteiger partial charge in [-0.3, -0.25) is 4.79 Å². The molecule has 1 aromatic heterocycles. The molecule has 0 aliphatic rings. The van der Waals surface area contributed by atoms with Gasteiger partial charge in [0.15, 0.2) is 0 Å². The fourth-order valence-electron chi connectivity index (χ4n) is 2.38. The highest BCUT2D eigenvalue weighted by Gasteiger charge is 2.13. The topological polar surface area (TPSA) is 25.2 Å². The van der Waals surface area contributed by atoms with Crippen LogP contribution in [0.4, 0.5) is 5.69 Å². The first-order valence-electron chi connectivity index (χ1n) is 6.55. The van der Waals surface area contributed by atoms with Gasteiger partial charge in [0, 0.05) is 42.4 Å². The first-order valence-corrected chi connectivity index (χ1v) is 6.55. The van der Waals surface area contributed by atoms with Gasteiger partial charge >= 0.3 is 0 Å². The van der Waals surface area contributed by atoms with E-state index in [2.05, 4.69) is 0 Å². The van der Waals surface area contributed by atoms with Crippen LogP contribution in [0.2, 0.25) is 0 Å². The van der Waals surface area contributed by atoms with Crippen molar-refractivity contribution in [3.05, 3.63) is 66.4 Å². The molecule has 3 nitrogen and oxygen atoms in total. The molecule has 3 aromatic rings. The Hall–Kier alpha value is -2.55. The smallest absolute Gasteiger partial charge is 0.258 e. The third-order valence-corrected chi connectivity index (χ3v) is 3.58. The summed E-state index contributed by atoms with van der Waals surface area (Å²) in [4.78, 5) is 14.2. The van der Waals surface area contributed by atoms with Crippen LogP contribution >= 0.6 is 0 Å². The summed E-state index contributed by atoms with van der Waals surface area (Å²) in [6, 6.07) is 17.5. The second-order valence-electron chi connectivity index (χ2n) is 4.90. The van der Waals surface area contributed by atoms with E-state index in [-0.39, 0.29) is 5.91 Å². The van der Waals surface area contributed by atoms with Crippen molar-refractivity contribution in [2.24, 2.45) is 7.05 Å². The number of aryl methyl sites for hydroxylation is 1. The van der Waals surface area contributed by atoms with Crippen molar-refractivity contribution in [1.29, 1.82) is 0 Å². The van der Waals surface area contributed by atoms with Gasteiger partial charge in [-0.2, -0.15) is 0 Å². The first kappa shape index (κ1) is 12.5. The predicted octanol–water partition coefficient (Wildman–Crippen LogP) is 3.45. The molecular formula is C17H16N2O. The highest BCUT2D eigenvalue weighted by Crippen LogP contribution is 2.20. The number of anilines is 1. The van der Waals surface area contributed by atoms with E-state index in [4.69, 9.17) is 0 Å². The Balaban J connectivity index is 1.96. The summed E-state index contributed by atoms with van der Waals surface area (Å²) in [5, 5.41) is 1.08. The normalized spacial score (nSPS) is 10.7. The Morgan fingerprint density at radius 3 is 2.55 bits per heavy atom. The molecule has 3 heteroatoms. The highest BCUT2D eigenvalue weighted by atomic mass is 16.2. The fourth-order valence-corrected chi connectivity index (χ4v) is 2.38. The summed E-state index contributed by atoms with van der Waals surface area (Å²) in [5.74, 6) is 0.00181. The van der Waals surface area contributed by atoms with Crippen molar-refractivity contribution < 1.29 is 4.79 Å². The number of para-hydroxylation sites is 1. The molecule has 0 bridgehead atoms. The minimum Gasteiger partial charge on any atom is -0.351 e. The van der Waals surface area contributed by atoms with Gasteiger partial charge in [0.2, 0.25) is 0 Å². The molecule has 1 heterocycles. The van der Waals surface area contributed by atoms with Crippen molar-refractivity contribution in [3.63, 3.8) is 0 Å². The number of rotatable bonds is 2. The second-order valence-corrected chi connectivity index (χ2v) is 4.90. The molecule has 0 unspecified atom stereocenters. The van der Waals surface area contributed by atoms with Gasteiger partial charge in [0.25, 0.3) is 5.91 Å². The summed E-state index contributed by atoms with van der Waals surface area (Å²) in [6.07, 6.45) is 2.00. The maximum Gasteiger partial charge on any atom is 0.258 e. The molecule has 1 amide bonds. The van der Waals surface area contributed by atoms with Gasteiger partial charge in [-0.1, -0.05) is 18.2 Å². The Morgan fingerprint density at radius 2 is 1.80 bits per heavy atom. The van der Waals surface area contributed by atoms with E-state index < -0.39 is 0 Å². The number of benzene rings is 2. The molecule has 3 rings (SSSR count).